The first-order valence-electron chi connectivity index (χ1n) is 16.7. The molecule has 268 valence electrons. The summed E-state index contributed by atoms with van der Waals surface area (Å²) in [7, 11) is -4.62. The highest BCUT2D eigenvalue weighted by molar-refractivity contribution is 7.46. The highest BCUT2D eigenvalue weighted by Crippen LogP contribution is 2.61. The van der Waals surface area contributed by atoms with E-state index in [1.165, 1.54) is 5.56 Å². The smallest absolute Gasteiger partial charge is 0.460 e. The Balaban J connectivity index is 0.976. The molecule has 2 amide bonds. The van der Waals surface area contributed by atoms with E-state index >= 15 is 0 Å². The molecule has 0 heterocycles. The topological polar surface area (TPSA) is 239 Å². The van der Waals surface area contributed by atoms with Crippen LogP contribution >= 0.6 is 7.82 Å². The lowest BCUT2D eigenvalue weighted by atomic mass is 9.55. The minimum Gasteiger partial charge on any atom is -0.460 e. The molecule has 4 aliphatic carbocycles. The first-order chi connectivity index (χ1) is 22.8. The maximum atomic E-state index is 12.7. The molecule has 0 saturated heterocycles. The van der Waals surface area contributed by atoms with E-state index in [1.807, 2.05) is 6.07 Å². The van der Waals surface area contributed by atoms with Gasteiger partial charge in [0.25, 0.3) is 0 Å². The molecule has 9 unspecified atom stereocenters. The lowest BCUT2D eigenvalue weighted by molar-refractivity contribution is -0.163. The first kappa shape index (κ1) is 36.5. The van der Waals surface area contributed by atoms with E-state index in [1.54, 1.807) is 12.1 Å². The molecule has 4 aliphatic rings. The van der Waals surface area contributed by atoms with Crippen LogP contribution in [0.15, 0.2) is 18.2 Å². The van der Waals surface area contributed by atoms with Crippen molar-refractivity contribution in [2.24, 2.45) is 34.6 Å². The standard InChI is InChI=1S/C32H48N3O12P/c1-32-11-10-21-20-5-3-19(47-48(40,41)42)16-18(20)2-4-22(21)23(32)6-9-26(32)46-27(36)17-44-15-14-43-13-12-35-31(39)45-25-8-7-24(33)29(37)28(25)30(34)38/h3,5,16,21-26,28-29,37H,2,4,6-15,17,33H2,1H3,(H2,34,38)(H,35,39)(H2,40,41,42). The second-order valence-corrected chi connectivity index (χ2v) is 14.8. The number of alkyl carbamates (subject to hydrolysis) is 1. The number of ether oxygens (including phenoxy) is 4. The predicted octanol–water partition coefficient (Wildman–Crippen LogP) is 1.64. The molecule has 8 N–H and O–H groups in total. The van der Waals surface area contributed by atoms with Gasteiger partial charge < -0.3 is 45.4 Å². The molecule has 0 aliphatic heterocycles. The summed E-state index contributed by atoms with van der Waals surface area (Å²) in [6.45, 7) is 2.69. The van der Waals surface area contributed by atoms with E-state index < -0.39 is 50.0 Å². The van der Waals surface area contributed by atoms with Gasteiger partial charge in [-0.1, -0.05) is 13.0 Å². The number of fused-ring (bicyclic) bond motifs is 5. The van der Waals surface area contributed by atoms with Gasteiger partial charge in [0.1, 0.15) is 30.5 Å². The number of rotatable bonds is 13. The summed E-state index contributed by atoms with van der Waals surface area (Å²) >= 11 is 0. The summed E-state index contributed by atoms with van der Waals surface area (Å²) in [5.74, 6) is -0.864. The lowest BCUT2D eigenvalue weighted by Crippen LogP contribution is -2.55. The van der Waals surface area contributed by atoms with Crippen molar-refractivity contribution >= 4 is 25.8 Å². The lowest BCUT2D eigenvalue weighted by Gasteiger charge is -2.50. The quantitative estimate of drug-likeness (QED) is 0.0978. The minimum absolute atomic E-state index is 0.126. The summed E-state index contributed by atoms with van der Waals surface area (Å²) in [6, 6.07) is 4.73. The van der Waals surface area contributed by atoms with Crippen molar-refractivity contribution in [3.05, 3.63) is 29.3 Å². The van der Waals surface area contributed by atoms with E-state index in [0.29, 0.717) is 30.6 Å². The molecule has 15 nitrogen and oxygen atoms in total. The van der Waals surface area contributed by atoms with Crippen molar-refractivity contribution in [3.8, 4) is 5.75 Å². The zero-order valence-electron chi connectivity index (χ0n) is 27.2. The normalized spacial score (nSPS) is 32.7. The van der Waals surface area contributed by atoms with Crippen LogP contribution in [0.3, 0.4) is 0 Å². The maximum Gasteiger partial charge on any atom is 0.524 e. The third kappa shape index (κ3) is 8.50. The third-order valence-electron chi connectivity index (χ3n) is 10.8. The molecule has 0 spiro atoms. The first-order valence-corrected chi connectivity index (χ1v) is 18.2. The fraction of sp³-hybridized carbons (Fsp3) is 0.719. The van der Waals surface area contributed by atoms with Crippen molar-refractivity contribution in [2.45, 2.75) is 88.6 Å². The molecule has 16 heteroatoms. The average Bonchev–Trinajstić information content (AvgIpc) is 3.34. The summed E-state index contributed by atoms with van der Waals surface area (Å²) in [6.07, 6.45) is 3.13. The number of nitrogens with two attached hydrogens (primary N) is 2. The maximum absolute atomic E-state index is 12.7. The Bertz CT molecular complexity index is 1380. The van der Waals surface area contributed by atoms with E-state index in [0.717, 1.165) is 44.1 Å². The average molecular weight is 698 g/mol. The molecule has 48 heavy (non-hydrogen) atoms. The molecule has 0 radical (unpaired) electrons. The Hall–Kier alpha value is -2.78. The van der Waals surface area contributed by atoms with Crippen LogP contribution in [-0.4, -0.2) is 90.2 Å². The van der Waals surface area contributed by atoms with Crippen LogP contribution in [0.4, 0.5) is 4.79 Å². The van der Waals surface area contributed by atoms with Crippen LogP contribution < -0.4 is 21.3 Å². The van der Waals surface area contributed by atoms with Crippen LogP contribution in [0.5, 0.6) is 5.75 Å². The van der Waals surface area contributed by atoms with Gasteiger partial charge >= 0.3 is 19.9 Å². The Labute approximate surface area is 279 Å². The van der Waals surface area contributed by atoms with Crippen molar-refractivity contribution in [2.75, 3.05) is 33.0 Å². The fourth-order valence-electron chi connectivity index (χ4n) is 8.55. The van der Waals surface area contributed by atoms with E-state index in [-0.39, 0.29) is 50.2 Å². The van der Waals surface area contributed by atoms with Crippen molar-refractivity contribution in [1.82, 2.24) is 5.32 Å². The molecular formula is C32H48N3O12P. The number of aliphatic hydroxyl groups excluding tert-OH is 1. The van der Waals surface area contributed by atoms with Gasteiger partial charge in [0, 0.05) is 18.0 Å². The molecular weight excluding hydrogens is 649 g/mol. The molecule has 9 atom stereocenters. The number of hydrogen-bond acceptors (Lipinski definition) is 11. The van der Waals surface area contributed by atoms with Gasteiger partial charge in [-0.3, -0.25) is 14.6 Å². The van der Waals surface area contributed by atoms with E-state index in [2.05, 4.69) is 12.2 Å². The largest absolute Gasteiger partial charge is 0.524 e. The fourth-order valence-corrected chi connectivity index (χ4v) is 8.94. The number of amides is 2. The van der Waals surface area contributed by atoms with Gasteiger partial charge in [-0.15, -0.1) is 0 Å². The number of primary amides is 1. The second kappa shape index (κ2) is 15.4. The van der Waals surface area contributed by atoms with Crippen LogP contribution in [0.2, 0.25) is 0 Å². The Kier molecular flexibility index (Phi) is 11.7. The zero-order valence-corrected chi connectivity index (χ0v) is 28.1. The van der Waals surface area contributed by atoms with E-state index in [9.17, 15) is 33.8 Å². The number of hydrogen-bond donors (Lipinski definition) is 6. The van der Waals surface area contributed by atoms with Crippen LogP contribution in [0.25, 0.3) is 0 Å². The van der Waals surface area contributed by atoms with Crippen LogP contribution in [0.1, 0.15) is 68.9 Å². The zero-order chi connectivity index (χ0) is 34.6. The molecule has 5 rings (SSSR count). The number of aliphatic hydroxyl groups is 1. The number of benzene rings is 1. The van der Waals surface area contributed by atoms with Gasteiger partial charge in [-0.2, -0.15) is 0 Å². The highest BCUT2D eigenvalue weighted by atomic mass is 31.2. The summed E-state index contributed by atoms with van der Waals surface area (Å²) < 4.78 is 38.2. The number of carbonyl (C=O) groups excluding carboxylic acids is 3. The minimum atomic E-state index is -4.62. The number of aryl methyl sites for hydroxylation is 1. The summed E-state index contributed by atoms with van der Waals surface area (Å²) in [5, 5.41) is 12.7. The number of nitrogens with one attached hydrogen (secondary N) is 1. The highest BCUT2D eigenvalue weighted by Gasteiger charge is 2.56. The van der Waals surface area contributed by atoms with Gasteiger partial charge in [-0.25, -0.2) is 14.2 Å². The number of carbonyl (C=O) groups is 3. The molecule has 3 saturated carbocycles. The molecule has 1 aromatic rings. The Morgan fingerprint density at radius 3 is 2.54 bits per heavy atom. The van der Waals surface area contributed by atoms with Crippen LogP contribution in [0, 0.1) is 23.2 Å². The van der Waals surface area contributed by atoms with Crippen molar-refractivity contribution in [1.29, 1.82) is 0 Å². The van der Waals surface area contributed by atoms with Crippen LogP contribution in [-0.2, 0) is 39.5 Å². The van der Waals surface area contributed by atoms with Gasteiger partial charge in [-0.05, 0) is 92.4 Å². The number of phosphoric ester groups is 1. The summed E-state index contributed by atoms with van der Waals surface area (Å²) in [5.41, 5.74) is 13.3. The Morgan fingerprint density at radius 1 is 1.02 bits per heavy atom. The molecule has 1 aromatic carbocycles. The molecule has 3 fully saturated rings. The Morgan fingerprint density at radius 2 is 1.79 bits per heavy atom. The predicted molar refractivity (Wildman–Crippen MR) is 169 cm³/mol. The van der Waals surface area contributed by atoms with Gasteiger partial charge in [0.2, 0.25) is 5.91 Å². The van der Waals surface area contributed by atoms with E-state index in [4.69, 9.17) is 34.9 Å². The third-order valence-corrected chi connectivity index (χ3v) is 11.2. The SMILES string of the molecule is CC12CCC3c4ccc(OP(=O)(O)O)cc4CCC3C1CCC2OC(=O)COCCOCCNC(=O)OC1CCC(N)C(O)C1C(N)=O. The van der Waals surface area contributed by atoms with Crippen molar-refractivity contribution < 1.29 is 57.3 Å². The molecule has 0 bridgehead atoms. The monoisotopic (exact) mass is 697 g/mol. The van der Waals surface area contributed by atoms with Gasteiger partial charge in [0.05, 0.1) is 25.9 Å². The molecule has 0 aromatic heterocycles. The number of esters is 1. The summed E-state index contributed by atoms with van der Waals surface area (Å²) in [4.78, 5) is 54.9. The van der Waals surface area contributed by atoms with Crippen molar-refractivity contribution in [3.63, 3.8) is 0 Å². The van der Waals surface area contributed by atoms with Gasteiger partial charge in [0.15, 0.2) is 0 Å². The number of phosphoric acid groups is 1. The second-order valence-electron chi connectivity index (χ2n) is 13.7.